The molecule has 6 aliphatic carbocycles. The van der Waals surface area contributed by atoms with Crippen LogP contribution in [0, 0.1) is 71.0 Å². The third-order valence-electron chi connectivity index (χ3n) is 11.1. The van der Waals surface area contributed by atoms with Gasteiger partial charge in [-0.05, 0) is 144 Å². The number of carbonyl (C=O) groups excluding carboxylic acids is 2. The Morgan fingerprint density at radius 1 is 0.564 bits per heavy atom. The van der Waals surface area contributed by atoms with Gasteiger partial charge in [-0.1, -0.05) is 81.6 Å². The predicted octanol–water partition coefficient (Wildman–Crippen LogP) is 13.0. The molecule has 0 saturated heterocycles. The Labute approximate surface area is 330 Å². The van der Waals surface area contributed by atoms with Crippen LogP contribution in [0.25, 0.3) is 0 Å². The molecule has 0 spiro atoms. The van der Waals surface area contributed by atoms with E-state index in [0.717, 1.165) is 48.9 Å². The van der Waals surface area contributed by atoms with Crippen molar-refractivity contribution in [3.05, 3.63) is 0 Å². The molecule has 0 amide bonds. The quantitative estimate of drug-likeness (QED) is 0.226. The van der Waals surface area contributed by atoms with Gasteiger partial charge in [0.1, 0.15) is 5.60 Å². The van der Waals surface area contributed by atoms with Crippen LogP contribution in [0.1, 0.15) is 167 Å². The number of carbonyl (C=O) groups is 2. The molecule has 9 atom stereocenters. The van der Waals surface area contributed by atoms with E-state index in [1.54, 1.807) is 0 Å². The number of esters is 2. The van der Waals surface area contributed by atoms with Gasteiger partial charge in [0, 0.05) is 0 Å². The van der Waals surface area contributed by atoms with E-state index in [1.807, 2.05) is 20.8 Å². The summed E-state index contributed by atoms with van der Waals surface area (Å²) in [6, 6.07) is 0. The van der Waals surface area contributed by atoms with Crippen molar-refractivity contribution in [2.75, 3.05) is 7.11 Å². The summed E-state index contributed by atoms with van der Waals surface area (Å²) in [6.07, 6.45) is -0.0442. The molecule has 6 saturated carbocycles. The maximum absolute atomic E-state index is 12.5. The van der Waals surface area contributed by atoms with Crippen molar-refractivity contribution in [3.8, 4) is 0 Å². The van der Waals surface area contributed by atoms with Crippen LogP contribution in [-0.4, -0.2) is 47.7 Å². The Bertz CT molecular complexity index is 1090. The molecule has 9 unspecified atom stereocenters. The number of hydrogen-bond donors (Lipinski definition) is 1. The number of halogens is 6. The van der Waals surface area contributed by atoms with Crippen LogP contribution in [0.15, 0.2) is 0 Å². The largest absolute Gasteiger partial charge is 0.469 e. The highest BCUT2D eigenvalue weighted by Crippen LogP contribution is 2.55. The zero-order valence-electron chi connectivity index (χ0n) is 36.5. The fraction of sp³-hybridized carbons (Fsp3) is 0.955. The van der Waals surface area contributed by atoms with Gasteiger partial charge in [-0.25, -0.2) is 0 Å². The monoisotopic (exact) mass is 801 g/mol. The highest BCUT2D eigenvalue weighted by molar-refractivity contribution is 5.74. The highest BCUT2D eigenvalue weighted by Gasteiger charge is 2.71. The molecule has 6 fully saturated rings. The molecule has 0 aliphatic heterocycles. The zero-order valence-corrected chi connectivity index (χ0v) is 36.5. The molecule has 55 heavy (non-hydrogen) atoms. The van der Waals surface area contributed by atoms with Gasteiger partial charge >= 0.3 is 24.3 Å². The molecule has 6 rings (SSSR count). The van der Waals surface area contributed by atoms with E-state index in [2.05, 4.69) is 62.3 Å². The van der Waals surface area contributed by atoms with E-state index in [9.17, 15) is 35.9 Å². The molecule has 0 heterocycles. The third kappa shape index (κ3) is 17.5. The molecule has 6 aliphatic rings. The maximum atomic E-state index is 12.5. The average Bonchev–Trinajstić information content (AvgIpc) is 3.87. The number of rotatable bonds is 4. The lowest BCUT2D eigenvalue weighted by Gasteiger charge is -2.36. The fourth-order valence-corrected chi connectivity index (χ4v) is 8.99. The summed E-state index contributed by atoms with van der Waals surface area (Å²) in [7, 11) is 1.49. The maximum Gasteiger partial charge on any atom is 0.426 e. The summed E-state index contributed by atoms with van der Waals surface area (Å²) in [6.45, 7) is 25.3. The Hall–Kier alpha value is -1.52. The van der Waals surface area contributed by atoms with Crippen LogP contribution >= 0.6 is 0 Å². The van der Waals surface area contributed by atoms with Gasteiger partial charge in [-0.3, -0.25) is 9.59 Å². The van der Waals surface area contributed by atoms with Crippen molar-refractivity contribution in [2.24, 2.45) is 71.0 Å². The van der Waals surface area contributed by atoms with E-state index in [0.29, 0.717) is 31.1 Å². The lowest BCUT2D eigenvalue weighted by Crippen LogP contribution is -2.58. The summed E-state index contributed by atoms with van der Waals surface area (Å²) in [4.78, 5) is 23.0. The van der Waals surface area contributed by atoms with Crippen molar-refractivity contribution >= 4 is 11.9 Å². The van der Waals surface area contributed by atoms with Crippen molar-refractivity contribution < 1.29 is 50.5 Å². The molecule has 0 radical (unpaired) electrons. The fourth-order valence-electron chi connectivity index (χ4n) is 8.99. The van der Waals surface area contributed by atoms with Gasteiger partial charge in [-0.2, -0.15) is 26.3 Å². The number of alkyl halides is 6. The van der Waals surface area contributed by atoms with Crippen LogP contribution in [-0.2, 0) is 19.1 Å². The summed E-state index contributed by atoms with van der Waals surface area (Å²) >= 11 is 0. The van der Waals surface area contributed by atoms with Gasteiger partial charge in [0.05, 0.1) is 18.9 Å². The number of hydrogen-bond acceptors (Lipinski definition) is 5. The lowest BCUT2D eigenvalue weighted by atomic mass is 9.79. The first-order valence-corrected chi connectivity index (χ1v) is 21.2. The molecule has 0 aromatic rings. The Morgan fingerprint density at radius 2 is 0.891 bits per heavy atom. The number of fused-ring (bicyclic) bond motifs is 6. The van der Waals surface area contributed by atoms with Crippen LogP contribution < -0.4 is 0 Å². The second-order valence-electron chi connectivity index (χ2n) is 20.3. The summed E-state index contributed by atoms with van der Waals surface area (Å²) < 4.78 is 85.3. The number of aliphatic hydroxyl groups is 1. The summed E-state index contributed by atoms with van der Waals surface area (Å²) in [5.74, 6) is 5.46. The van der Waals surface area contributed by atoms with E-state index in [1.165, 1.54) is 45.6 Å². The predicted molar refractivity (Wildman–Crippen MR) is 208 cm³/mol. The standard InChI is InChI=1S/C12H20O2.C11H14F6O.C9H14O2.3C4H10/c1-12(2,3)14-11(13)10-7-8-4-5-9(10)6-8;12-10(13,14)9(18,11(15,16)17)5-8-4-6-1-2-7(8)3-6;1-11-9(10)8-5-6-2-3-7(8)4-6;3*1-4(2)3/h8-10H,4-7H2,1-3H3;6-8,18H,1-5H2;6-8H,2-5H2,1H3;3*4H,1-3H3. The molecule has 6 bridgehead atoms. The van der Waals surface area contributed by atoms with Crippen LogP contribution in [0.5, 0.6) is 0 Å². The highest BCUT2D eigenvalue weighted by atomic mass is 19.4. The first-order valence-electron chi connectivity index (χ1n) is 21.2. The normalized spacial score (nSPS) is 30.2. The van der Waals surface area contributed by atoms with Crippen molar-refractivity contribution in [1.29, 1.82) is 0 Å². The Balaban J connectivity index is 0.000000365. The molecule has 11 heteroatoms. The average molecular weight is 801 g/mol. The minimum absolute atomic E-state index is 0.0252. The van der Waals surface area contributed by atoms with Crippen LogP contribution in [0.2, 0.25) is 0 Å². The van der Waals surface area contributed by atoms with Crippen molar-refractivity contribution in [3.63, 3.8) is 0 Å². The van der Waals surface area contributed by atoms with Gasteiger partial charge in [0.15, 0.2) is 0 Å². The molecule has 0 aromatic heterocycles. The number of methoxy groups -OCH3 is 1. The van der Waals surface area contributed by atoms with Crippen molar-refractivity contribution in [2.45, 2.75) is 190 Å². The summed E-state index contributed by atoms with van der Waals surface area (Å²) in [5.41, 5.74) is -4.88. The van der Waals surface area contributed by atoms with Crippen LogP contribution in [0.3, 0.4) is 0 Å². The molecular formula is C44H78F6O5. The second-order valence-corrected chi connectivity index (χ2v) is 20.3. The molecular weight excluding hydrogens is 722 g/mol. The topological polar surface area (TPSA) is 72.8 Å². The minimum Gasteiger partial charge on any atom is -0.469 e. The molecule has 1 N–H and O–H groups in total. The van der Waals surface area contributed by atoms with Gasteiger partial charge < -0.3 is 14.6 Å². The summed E-state index contributed by atoms with van der Waals surface area (Å²) in [5, 5.41) is 9.12. The Kier molecular flexibility index (Phi) is 20.6. The molecule has 0 aromatic carbocycles. The number of ether oxygens (including phenoxy) is 2. The molecule has 326 valence electrons. The second kappa shape index (κ2) is 22.0. The smallest absolute Gasteiger partial charge is 0.426 e. The first-order chi connectivity index (χ1) is 25.0. The van der Waals surface area contributed by atoms with E-state index < -0.39 is 30.3 Å². The van der Waals surface area contributed by atoms with Crippen molar-refractivity contribution in [1.82, 2.24) is 0 Å². The molecule has 5 nitrogen and oxygen atoms in total. The van der Waals surface area contributed by atoms with Gasteiger partial charge in [0.2, 0.25) is 0 Å². The Morgan fingerprint density at radius 3 is 1.13 bits per heavy atom. The van der Waals surface area contributed by atoms with E-state index >= 15 is 0 Å². The SMILES string of the molecule is CC(C)(C)OC(=O)C1CC2CCC1C2.CC(C)C.CC(C)C.CC(C)C.COC(=O)C1CC2CCC1C2.OC(CC1CC2CCC1C2)(C(F)(F)F)C(F)(F)F. The van der Waals surface area contributed by atoms with Gasteiger partial charge in [-0.15, -0.1) is 0 Å². The first kappa shape index (κ1) is 51.5. The van der Waals surface area contributed by atoms with E-state index in [-0.39, 0.29) is 41.2 Å². The van der Waals surface area contributed by atoms with Gasteiger partial charge in [0.25, 0.3) is 5.60 Å². The lowest BCUT2D eigenvalue weighted by molar-refractivity contribution is -0.373. The third-order valence-corrected chi connectivity index (χ3v) is 11.1. The van der Waals surface area contributed by atoms with Crippen LogP contribution in [0.4, 0.5) is 26.3 Å². The van der Waals surface area contributed by atoms with E-state index in [4.69, 9.17) is 14.6 Å². The minimum atomic E-state index is -5.67. The zero-order chi connectivity index (χ0) is 42.7.